The van der Waals surface area contributed by atoms with Crippen LogP contribution < -0.4 is 5.32 Å². The second-order valence-electron chi connectivity index (χ2n) is 5.69. The van der Waals surface area contributed by atoms with E-state index in [1.165, 1.54) is 51.5 Å². The Morgan fingerprint density at radius 1 is 1.21 bits per heavy atom. The van der Waals surface area contributed by atoms with Crippen molar-refractivity contribution in [2.45, 2.75) is 64.8 Å². The van der Waals surface area contributed by atoms with Crippen LogP contribution >= 0.6 is 0 Å². The molecule has 0 aromatic carbocycles. The smallest absolute Gasteiger partial charge is 0.00684 e. The van der Waals surface area contributed by atoms with Crippen LogP contribution in [0.15, 0.2) is 0 Å². The summed E-state index contributed by atoms with van der Waals surface area (Å²) in [5.41, 5.74) is 0.607. The van der Waals surface area contributed by atoms with Crippen LogP contribution in [0.25, 0.3) is 0 Å². The van der Waals surface area contributed by atoms with E-state index in [1.54, 1.807) is 0 Å². The minimum absolute atomic E-state index is 0.607. The minimum Gasteiger partial charge on any atom is -0.313 e. The molecule has 0 bridgehead atoms. The zero-order valence-electron chi connectivity index (χ0n) is 9.81. The molecule has 0 aromatic heterocycles. The van der Waals surface area contributed by atoms with Crippen molar-refractivity contribution >= 4 is 0 Å². The lowest BCUT2D eigenvalue weighted by Crippen LogP contribution is -2.41. The fourth-order valence-electron chi connectivity index (χ4n) is 2.78. The number of hydrogen-bond acceptors (Lipinski definition) is 1. The van der Waals surface area contributed by atoms with Crippen molar-refractivity contribution in [1.29, 1.82) is 0 Å². The van der Waals surface area contributed by atoms with Crippen LogP contribution in [0.2, 0.25) is 0 Å². The molecule has 2 aliphatic rings. The fraction of sp³-hybridized carbons (Fsp3) is 1.00. The summed E-state index contributed by atoms with van der Waals surface area (Å²) in [6.45, 7) is 6.11. The van der Waals surface area contributed by atoms with Gasteiger partial charge in [0.2, 0.25) is 0 Å². The average Bonchev–Trinajstić information content (AvgIpc) is 2.80. The highest BCUT2D eigenvalue weighted by Gasteiger charge is 2.37. The third-order valence-electron chi connectivity index (χ3n) is 4.28. The van der Waals surface area contributed by atoms with Gasteiger partial charge in [-0.15, -0.1) is 0 Å². The Kier molecular flexibility index (Phi) is 3.16. The van der Waals surface area contributed by atoms with Gasteiger partial charge in [-0.05, 0) is 43.4 Å². The number of nitrogens with one attached hydrogen (secondary N) is 1. The van der Waals surface area contributed by atoms with E-state index in [2.05, 4.69) is 19.2 Å². The Labute approximate surface area is 88.7 Å². The summed E-state index contributed by atoms with van der Waals surface area (Å²) < 4.78 is 0. The van der Waals surface area contributed by atoms with E-state index in [0.717, 1.165) is 12.0 Å². The van der Waals surface area contributed by atoms with Gasteiger partial charge in [-0.1, -0.05) is 26.7 Å². The molecule has 1 N–H and O–H groups in total. The number of hydrogen-bond donors (Lipinski definition) is 1. The normalized spacial score (nSPS) is 27.0. The van der Waals surface area contributed by atoms with Crippen LogP contribution in [0.5, 0.6) is 0 Å². The molecule has 0 spiro atoms. The first kappa shape index (κ1) is 10.5. The van der Waals surface area contributed by atoms with Gasteiger partial charge in [-0.2, -0.15) is 0 Å². The Morgan fingerprint density at radius 2 is 1.93 bits per heavy atom. The van der Waals surface area contributed by atoms with Crippen LogP contribution in [0.3, 0.4) is 0 Å². The highest BCUT2D eigenvalue weighted by atomic mass is 15.0. The van der Waals surface area contributed by atoms with Crippen LogP contribution in [0.1, 0.15) is 58.8 Å². The zero-order valence-corrected chi connectivity index (χ0v) is 9.81. The molecule has 2 saturated carbocycles. The lowest BCUT2D eigenvalue weighted by molar-refractivity contribution is 0.0885. The predicted octanol–water partition coefficient (Wildman–Crippen LogP) is 3.34. The first-order valence-corrected chi connectivity index (χ1v) is 6.48. The van der Waals surface area contributed by atoms with E-state index >= 15 is 0 Å². The van der Waals surface area contributed by atoms with Crippen molar-refractivity contribution in [2.24, 2.45) is 11.3 Å². The Morgan fingerprint density at radius 3 is 2.36 bits per heavy atom. The Balaban J connectivity index is 1.82. The van der Waals surface area contributed by atoms with Crippen molar-refractivity contribution in [3.8, 4) is 0 Å². The third-order valence-corrected chi connectivity index (χ3v) is 4.28. The minimum atomic E-state index is 0.607. The quantitative estimate of drug-likeness (QED) is 0.685. The highest BCUT2D eigenvalue weighted by Crippen LogP contribution is 2.44. The maximum absolute atomic E-state index is 3.73. The van der Waals surface area contributed by atoms with E-state index in [4.69, 9.17) is 0 Å². The van der Waals surface area contributed by atoms with Crippen molar-refractivity contribution in [1.82, 2.24) is 5.32 Å². The van der Waals surface area contributed by atoms with Crippen LogP contribution in [-0.4, -0.2) is 12.6 Å². The van der Waals surface area contributed by atoms with Crippen LogP contribution in [-0.2, 0) is 0 Å². The largest absolute Gasteiger partial charge is 0.313 e. The summed E-state index contributed by atoms with van der Waals surface area (Å²) >= 11 is 0. The summed E-state index contributed by atoms with van der Waals surface area (Å²) in [4.78, 5) is 0. The molecular formula is C13H25N. The van der Waals surface area contributed by atoms with E-state index < -0.39 is 0 Å². The fourth-order valence-corrected chi connectivity index (χ4v) is 2.78. The predicted molar refractivity (Wildman–Crippen MR) is 61.4 cm³/mol. The van der Waals surface area contributed by atoms with Crippen LogP contribution in [0.4, 0.5) is 0 Å². The van der Waals surface area contributed by atoms with Gasteiger partial charge in [-0.3, -0.25) is 0 Å². The van der Waals surface area contributed by atoms with Gasteiger partial charge in [0, 0.05) is 12.6 Å². The summed E-state index contributed by atoms with van der Waals surface area (Å²) in [5, 5.41) is 3.73. The lowest BCUT2D eigenvalue weighted by Gasteiger charge is -2.43. The van der Waals surface area contributed by atoms with Crippen molar-refractivity contribution in [3.05, 3.63) is 0 Å². The molecule has 1 unspecified atom stereocenters. The molecule has 0 amide bonds. The van der Waals surface area contributed by atoms with Gasteiger partial charge in [0.25, 0.3) is 0 Å². The Bertz CT molecular complexity index is 182. The van der Waals surface area contributed by atoms with E-state index in [1.807, 2.05) is 0 Å². The summed E-state index contributed by atoms with van der Waals surface area (Å²) in [5.74, 6) is 1.02. The van der Waals surface area contributed by atoms with E-state index in [0.29, 0.717) is 5.41 Å². The Hall–Kier alpha value is -0.0400. The third kappa shape index (κ3) is 2.31. The first-order chi connectivity index (χ1) is 6.74. The van der Waals surface area contributed by atoms with Gasteiger partial charge in [0.05, 0.1) is 0 Å². The molecule has 1 atom stereocenters. The molecule has 0 heterocycles. The maximum Gasteiger partial charge on any atom is 0.00684 e. The summed E-state index contributed by atoms with van der Waals surface area (Å²) in [7, 11) is 0. The molecule has 0 aliphatic heterocycles. The monoisotopic (exact) mass is 195 g/mol. The molecule has 0 aromatic rings. The van der Waals surface area contributed by atoms with Gasteiger partial charge in [0.1, 0.15) is 0 Å². The molecule has 2 aliphatic carbocycles. The molecule has 2 rings (SSSR count). The van der Waals surface area contributed by atoms with Gasteiger partial charge < -0.3 is 5.32 Å². The van der Waals surface area contributed by atoms with Gasteiger partial charge in [-0.25, -0.2) is 0 Å². The number of rotatable bonds is 6. The zero-order chi connectivity index (χ0) is 10.0. The second kappa shape index (κ2) is 4.22. The molecule has 0 saturated heterocycles. The summed E-state index contributed by atoms with van der Waals surface area (Å²) in [6, 6.07) is 0.881. The molecular weight excluding hydrogens is 170 g/mol. The van der Waals surface area contributed by atoms with E-state index in [-0.39, 0.29) is 0 Å². The summed E-state index contributed by atoms with van der Waals surface area (Å²) in [6.07, 6.45) is 10.1. The topological polar surface area (TPSA) is 12.0 Å². The maximum atomic E-state index is 3.73. The van der Waals surface area contributed by atoms with Crippen molar-refractivity contribution in [2.75, 3.05) is 6.54 Å². The highest BCUT2D eigenvalue weighted by molar-refractivity contribution is 4.91. The molecule has 14 heavy (non-hydrogen) atoms. The molecule has 1 heteroatoms. The van der Waals surface area contributed by atoms with Crippen LogP contribution in [0, 0.1) is 11.3 Å². The van der Waals surface area contributed by atoms with Crippen molar-refractivity contribution < 1.29 is 0 Å². The molecule has 2 fully saturated rings. The second-order valence-corrected chi connectivity index (χ2v) is 5.69. The average molecular weight is 195 g/mol. The lowest BCUT2D eigenvalue weighted by atomic mass is 9.64. The van der Waals surface area contributed by atoms with Gasteiger partial charge >= 0.3 is 0 Å². The first-order valence-electron chi connectivity index (χ1n) is 6.48. The van der Waals surface area contributed by atoms with Crippen molar-refractivity contribution in [3.63, 3.8) is 0 Å². The van der Waals surface area contributed by atoms with E-state index in [9.17, 15) is 0 Å². The van der Waals surface area contributed by atoms with Gasteiger partial charge in [0.15, 0.2) is 0 Å². The molecule has 82 valence electrons. The molecule has 0 radical (unpaired) electrons. The SMILES string of the molecule is CCCC(C)(CNC1CC1)C1CCC1. The molecule has 1 nitrogen and oxygen atoms in total. The standard InChI is InChI=1S/C13H25N/c1-3-9-13(2,11-5-4-6-11)10-14-12-7-8-12/h11-12,14H,3-10H2,1-2H3.